The number of likely N-dealkylation sites (N-methyl/N-ethyl adjacent to an activating group) is 1. The monoisotopic (exact) mass is 496 g/mol. The molecule has 37 heavy (non-hydrogen) atoms. The second kappa shape index (κ2) is 11.7. The minimum atomic E-state index is -0.571. The summed E-state index contributed by atoms with van der Waals surface area (Å²) in [4.78, 5) is 33.7. The number of aromatic nitrogens is 1. The van der Waals surface area contributed by atoms with Crippen LogP contribution in [0.15, 0.2) is 72.9 Å². The first-order chi connectivity index (χ1) is 17.9. The maximum Gasteiger partial charge on any atom is 0.247 e. The van der Waals surface area contributed by atoms with E-state index in [-0.39, 0.29) is 23.8 Å². The molecule has 0 spiro atoms. The maximum atomic E-state index is 13.4. The number of carbonyl (C=O) groups is 2. The molecule has 8 heteroatoms. The van der Waals surface area contributed by atoms with Gasteiger partial charge in [0.25, 0.3) is 0 Å². The van der Waals surface area contributed by atoms with Crippen molar-refractivity contribution in [2.75, 3.05) is 36.9 Å². The van der Waals surface area contributed by atoms with E-state index < -0.39 is 6.04 Å². The number of hydrogen-bond acceptors (Lipinski definition) is 6. The number of benzene rings is 2. The van der Waals surface area contributed by atoms with E-state index in [2.05, 4.69) is 35.5 Å². The highest BCUT2D eigenvalue weighted by Crippen LogP contribution is 2.23. The van der Waals surface area contributed by atoms with Crippen LogP contribution in [0.4, 0.5) is 11.5 Å². The summed E-state index contributed by atoms with van der Waals surface area (Å²) < 4.78 is 0. The van der Waals surface area contributed by atoms with Gasteiger partial charge in [0.2, 0.25) is 11.8 Å². The number of rotatable bonds is 8. The highest BCUT2D eigenvalue weighted by molar-refractivity contribution is 5.95. The van der Waals surface area contributed by atoms with Gasteiger partial charge in [0.1, 0.15) is 11.9 Å². The Labute approximate surface area is 217 Å². The average molecular weight is 497 g/mol. The standard InChI is InChI=1S/C29H32N6O2/c1-20(23-11-9-22(15-30)10-12-23)16-32-28(24-7-5-4-6-8-24)29(37)33-26-14-13-25(17-31-26)35-19-27(36)34(3)18-21(35)2/h4-14,17,20-21,28,32H,16,18-19H2,1-3H3,(H,31,33,37)/t20-,21+,28+/m1/s1. The predicted molar refractivity (Wildman–Crippen MR) is 144 cm³/mol. The number of pyridine rings is 1. The first kappa shape index (κ1) is 25.9. The summed E-state index contributed by atoms with van der Waals surface area (Å²) >= 11 is 0. The molecular weight excluding hydrogens is 464 g/mol. The first-order valence-electron chi connectivity index (χ1n) is 12.4. The molecule has 1 fully saturated rings. The minimum Gasteiger partial charge on any atom is -0.356 e. The molecule has 2 N–H and O–H groups in total. The molecule has 0 aliphatic carbocycles. The predicted octanol–water partition coefficient (Wildman–Crippen LogP) is 3.69. The van der Waals surface area contributed by atoms with Crippen LogP contribution in [-0.4, -0.2) is 54.4 Å². The van der Waals surface area contributed by atoms with Crippen LogP contribution in [0.5, 0.6) is 0 Å². The summed E-state index contributed by atoms with van der Waals surface area (Å²) in [6, 6.07) is 22.5. The average Bonchev–Trinajstić information content (AvgIpc) is 2.92. The Morgan fingerprint density at radius 1 is 1.11 bits per heavy atom. The second-order valence-corrected chi connectivity index (χ2v) is 9.53. The van der Waals surface area contributed by atoms with Crippen molar-refractivity contribution in [1.82, 2.24) is 15.2 Å². The molecule has 2 amide bonds. The number of nitrogens with one attached hydrogen (secondary N) is 2. The van der Waals surface area contributed by atoms with E-state index in [0.717, 1.165) is 16.8 Å². The molecule has 0 radical (unpaired) electrons. The van der Waals surface area contributed by atoms with Crippen molar-refractivity contribution >= 4 is 23.3 Å². The number of piperazine rings is 1. The minimum absolute atomic E-state index is 0.0718. The summed E-state index contributed by atoms with van der Waals surface area (Å²) in [5.74, 6) is 0.450. The van der Waals surface area contributed by atoms with Crippen LogP contribution in [-0.2, 0) is 9.59 Å². The zero-order valence-corrected chi connectivity index (χ0v) is 21.4. The molecule has 3 atom stereocenters. The van der Waals surface area contributed by atoms with E-state index >= 15 is 0 Å². The zero-order valence-electron chi connectivity index (χ0n) is 21.4. The summed E-state index contributed by atoms with van der Waals surface area (Å²) in [6.45, 7) is 5.69. The van der Waals surface area contributed by atoms with Crippen molar-refractivity contribution in [3.05, 3.63) is 89.6 Å². The number of anilines is 2. The second-order valence-electron chi connectivity index (χ2n) is 9.53. The molecule has 1 aromatic heterocycles. The van der Waals surface area contributed by atoms with E-state index in [1.807, 2.05) is 60.5 Å². The van der Waals surface area contributed by atoms with E-state index in [9.17, 15) is 9.59 Å². The quantitative estimate of drug-likeness (QED) is 0.493. The van der Waals surface area contributed by atoms with Gasteiger partial charge in [-0.15, -0.1) is 0 Å². The molecule has 0 unspecified atom stereocenters. The number of nitrogens with zero attached hydrogens (tertiary/aromatic N) is 4. The van der Waals surface area contributed by atoms with Crippen LogP contribution < -0.4 is 15.5 Å². The smallest absolute Gasteiger partial charge is 0.247 e. The third-order valence-electron chi connectivity index (χ3n) is 6.76. The van der Waals surface area contributed by atoms with Crippen molar-refractivity contribution in [3.8, 4) is 6.07 Å². The van der Waals surface area contributed by atoms with Crippen molar-refractivity contribution in [2.45, 2.75) is 31.8 Å². The Hall–Kier alpha value is -4.22. The number of amides is 2. The fourth-order valence-electron chi connectivity index (χ4n) is 4.50. The van der Waals surface area contributed by atoms with E-state index in [1.54, 1.807) is 29.3 Å². The molecule has 0 saturated carbocycles. The topological polar surface area (TPSA) is 101 Å². The van der Waals surface area contributed by atoms with Gasteiger partial charge < -0.3 is 20.4 Å². The summed E-state index contributed by atoms with van der Waals surface area (Å²) in [5.41, 5.74) is 3.42. The highest BCUT2D eigenvalue weighted by atomic mass is 16.2. The number of nitriles is 1. The van der Waals surface area contributed by atoms with Gasteiger partial charge in [0.15, 0.2) is 0 Å². The Morgan fingerprint density at radius 3 is 2.49 bits per heavy atom. The SMILES string of the molecule is C[C@H](CN[C@H](C(=O)Nc1ccc(N2CC(=O)N(C)C[C@@H]2C)cn1)c1ccccc1)c1ccc(C#N)cc1. The molecule has 0 bridgehead atoms. The lowest BCUT2D eigenvalue weighted by Gasteiger charge is -2.39. The Kier molecular flexibility index (Phi) is 8.16. The molecule has 190 valence electrons. The molecule has 3 aromatic rings. The van der Waals surface area contributed by atoms with Crippen LogP contribution in [0.2, 0.25) is 0 Å². The van der Waals surface area contributed by atoms with Crippen LogP contribution >= 0.6 is 0 Å². The molecule has 8 nitrogen and oxygen atoms in total. The van der Waals surface area contributed by atoms with Crippen molar-refractivity contribution in [3.63, 3.8) is 0 Å². The van der Waals surface area contributed by atoms with Crippen LogP contribution in [0.25, 0.3) is 0 Å². The van der Waals surface area contributed by atoms with Gasteiger partial charge >= 0.3 is 0 Å². The van der Waals surface area contributed by atoms with Gasteiger partial charge in [-0.25, -0.2) is 4.98 Å². The third-order valence-corrected chi connectivity index (χ3v) is 6.76. The number of hydrogen-bond donors (Lipinski definition) is 2. The van der Waals surface area contributed by atoms with E-state index in [1.165, 1.54) is 0 Å². The van der Waals surface area contributed by atoms with E-state index in [4.69, 9.17) is 5.26 Å². The molecule has 1 aliphatic rings. The Morgan fingerprint density at radius 2 is 1.84 bits per heavy atom. The van der Waals surface area contributed by atoms with Crippen LogP contribution in [0, 0.1) is 11.3 Å². The zero-order chi connectivity index (χ0) is 26.4. The fraction of sp³-hybridized carbons (Fsp3) is 0.310. The lowest BCUT2D eigenvalue weighted by Crippen LogP contribution is -2.53. The lowest BCUT2D eigenvalue weighted by atomic mass is 9.98. The van der Waals surface area contributed by atoms with Gasteiger partial charge in [-0.05, 0) is 48.2 Å². The van der Waals surface area contributed by atoms with Crippen molar-refractivity contribution in [2.24, 2.45) is 0 Å². The van der Waals surface area contributed by atoms with Gasteiger partial charge in [-0.2, -0.15) is 5.26 Å². The Balaban J connectivity index is 1.44. The van der Waals surface area contributed by atoms with Crippen LogP contribution in [0.1, 0.15) is 42.5 Å². The fourth-order valence-corrected chi connectivity index (χ4v) is 4.50. The first-order valence-corrected chi connectivity index (χ1v) is 12.4. The molecule has 1 saturated heterocycles. The largest absolute Gasteiger partial charge is 0.356 e. The normalized spacial score (nSPS) is 17.1. The molecule has 2 heterocycles. The maximum absolute atomic E-state index is 13.4. The van der Waals surface area contributed by atoms with E-state index in [0.29, 0.717) is 31.0 Å². The van der Waals surface area contributed by atoms with Crippen molar-refractivity contribution < 1.29 is 9.59 Å². The molecule has 4 rings (SSSR count). The summed E-state index contributed by atoms with van der Waals surface area (Å²) in [5, 5.41) is 15.4. The van der Waals surface area contributed by atoms with Crippen LogP contribution in [0.3, 0.4) is 0 Å². The molecule has 1 aliphatic heterocycles. The third kappa shape index (κ3) is 6.32. The lowest BCUT2D eigenvalue weighted by molar-refractivity contribution is -0.130. The number of carbonyl (C=O) groups excluding carboxylic acids is 2. The molecule has 2 aromatic carbocycles. The Bertz CT molecular complexity index is 1250. The highest BCUT2D eigenvalue weighted by Gasteiger charge is 2.27. The molecular formula is C29H32N6O2. The van der Waals surface area contributed by atoms with Gasteiger partial charge in [-0.3, -0.25) is 9.59 Å². The summed E-state index contributed by atoms with van der Waals surface area (Å²) in [6.07, 6.45) is 1.70. The van der Waals surface area contributed by atoms with Gasteiger partial charge in [0.05, 0.1) is 30.1 Å². The van der Waals surface area contributed by atoms with Gasteiger partial charge in [-0.1, -0.05) is 49.4 Å². The summed E-state index contributed by atoms with van der Waals surface area (Å²) in [7, 11) is 1.81. The van der Waals surface area contributed by atoms with Gasteiger partial charge in [0, 0.05) is 26.2 Å². The van der Waals surface area contributed by atoms with Crippen molar-refractivity contribution in [1.29, 1.82) is 5.26 Å².